The number of benzene rings is 1. The summed E-state index contributed by atoms with van der Waals surface area (Å²) in [5.41, 5.74) is -0.535. The minimum Gasteiger partial charge on any atom is -0.493 e. The Morgan fingerprint density at radius 1 is 1.29 bits per heavy atom. The Hall–Kier alpha value is -1.98. The van der Waals surface area contributed by atoms with E-state index in [4.69, 9.17) is 14.2 Å². The Morgan fingerprint density at radius 2 is 1.95 bits per heavy atom. The topological polar surface area (TPSA) is 48.0 Å². The fourth-order valence-electron chi connectivity index (χ4n) is 1.48. The zero-order valence-electron chi connectivity index (χ0n) is 13.1. The summed E-state index contributed by atoms with van der Waals surface area (Å²) in [5, 5.41) is 0. The van der Waals surface area contributed by atoms with Crippen LogP contribution in [0.15, 0.2) is 18.2 Å². The van der Waals surface area contributed by atoms with E-state index in [-0.39, 0.29) is 6.61 Å². The molecule has 0 atom stereocenters. The summed E-state index contributed by atoms with van der Waals surface area (Å²) in [7, 11) is 3.06. The third kappa shape index (κ3) is 5.89. The maximum atomic E-state index is 13.0. The molecule has 0 aromatic heterocycles. The van der Waals surface area contributed by atoms with Gasteiger partial charge in [0.1, 0.15) is 18.0 Å². The highest BCUT2D eigenvalue weighted by Crippen LogP contribution is 2.27. The smallest absolute Gasteiger partial charge is 0.410 e. The number of halogens is 1. The Bertz CT molecular complexity index is 485. The maximum absolute atomic E-state index is 13.0. The van der Waals surface area contributed by atoms with Crippen LogP contribution in [0.1, 0.15) is 20.8 Å². The van der Waals surface area contributed by atoms with Gasteiger partial charge in [-0.05, 0) is 32.9 Å². The third-order valence-corrected chi connectivity index (χ3v) is 2.52. The summed E-state index contributed by atoms with van der Waals surface area (Å²) in [5.74, 6) is 0.344. The van der Waals surface area contributed by atoms with Crippen LogP contribution in [0.4, 0.5) is 9.18 Å². The van der Waals surface area contributed by atoms with Crippen LogP contribution in [-0.2, 0) is 4.74 Å². The minimum absolute atomic E-state index is 0.248. The summed E-state index contributed by atoms with van der Waals surface area (Å²) in [6, 6.07) is 4.02. The van der Waals surface area contributed by atoms with Crippen LogP contribution < -0.4 is 9.47 Å². The van der Waals surface area contributed by atoms with Gasteiger partial charge in [-0.3, -0.25) is 0 Å². The van der Waals surface area contributed by atoms with Crippen molar-refractivity contribution in [2.75, 3.05) is 27.3 Å². The number of carbonyl (C=O) groups excluding carboxylic acids is 1. The quantitative estimate of drug-likeness (QED) is 0.838. The highest BCUT2D eigenvalue weighted by Gasteiger charge is 2.19. The van der Waals surface area contributed by atoms with Gasteiger partial charge >= 0.3 is 6.09 Å². The molecule has 21 heavy (non-hydrogen) atoms. The Kier molecular flexibility index (Phi) is 5.81. The highest BCUT2D eigenvalue weighted by atomic mass is 19.1. The monoisotopic (exact) mass is 299 g/mol. The SMILES string of the molecule is COc1cc(F)ccc1OCCN(C)C(=O)OC(C)(C)C. The summed E-state index contributed by atoms with van der Waals surface area (Å²) < 4.78 is 28.8. The van der Waals surface area contributed by atoms with E-state index in [9.17, 15) is 9.18 Å². The molecule has 0 saturated heterocycles. The molecule has 5 nitrogen and oxygen atoms in total. The lowest BCUT2D eigenvalue weighted by Gasteiger charge is -2.24. The van der Waals surface area contributed by atoms with Crippen molar-refractivity contribution in [2.45, 2.75) is 26.4 Å². The van der Waals surface area contributed by atoms with Crippen LogP contribution in [0.25, 0.3) is 0 Å². The van der Waals surface area contributed by atoms with Gasteiger partial charge in [0, 0.05) is 13.1 Å². The van der Waals surface area contributed by atoms with E-state index >= 15 is 0 Å². The van der Waals surface area contributed by atoms with E-state index in [1.165, 1.54) is 30.2 Å². The fourth-order valence-corrected chi connectivity index (χ4v) is 1.48. The first kappa shape index (κ1) is 17.1. The molecule has 118 valence electrons. The second-order valence-corrected chi connectivity index (χ2v) is 5.55. The Morgan fingerprint density at radius 3 is 2.52 bits per heavy atom. The van der Waals surface area contributed by atoms with E-state index in [0.717, 1.165) is 0 Å². The molecule has 0 N–H and O–H groups in total. The fraction of sp³-hybridized carbons (Fsp3) is 0.533. The Labute approximate surface area is 124 Å². The number of methoxy groups -OCH3 is 1. The number of hydrogen-bond donors (Lipinski definition) is 0. The van der Waals surface area contributed by atoms with Gasteiger partial charge < -0.3 is 19.1 Å². The highest BCUT2D eigenvalue weighted by molar-refractivity contribution is 5.67. The summed E-state index contributed by atoms with van der Waals surface area (Å²) >= 11 is 0. The first-order valence-corrected chi connectivity index (χ1v) is 6.63. The normalized spacial score (nSPS) is 11.0. The number of ether oxygens (including phenoxy) is 3. The lowest BCUT2D eigenvalue weighted by molar-refractivity contribution is 0.0278. The molecule has 1 rings (SSSR count). The molecular weight excluding hydrogens is 277 g/mol. The van der Waals surface area contributed by atoms with Crippen molar-refractivity contribution in [1.82, 2.24) is 4.90 Å². The van der Waals surface area contributed by atoms with Crippen LogP contribution in [-0.4, -0.2) is 43.9 Å². The summed E-state index contributed by atoms with van der Waals surface area (Å²) in [6.07, 6.45) is -0.419. The number of nitrogens with zero attached hydrogens (tertiary/aromatic N) is 1. The number of hydrogen-bond acceptors (Lipinski definition) is 4. The number of rotatable bonds is 5. The molecule has 0 aliphatic heterocycles. The van der Waals surface area contributed by atoms with Gasteiger partial charge in [0.25, 0.3) is 0 Å². The number of carbonyl (C=O) groups is 1. The van der Waals surface area contributed by atoms with Crippen LogP contribution in [0.2, 0.25) is 0 Å². The van der Waals surface area contributed by atoms with Crippen LogP contribution in [0.5, 0.6) is 11.5 Å². The van der Waals surface area contributed by atoms with Gasteiger partial charge in [-0.2, -0.15) is 0 Å². The van der Waals surface area contributed by atoms with Crippen molar-refractivity contribution in [2.24, 2.45) is 0 Å². The van der Waals surface area contributed by atoms with E-state index in [1.807, 2.05) is 0 Å². The average molecular weight is 299 g/mol. The van der Waals surface area contributed by atoms with E-state index in [2.05, 4.69) is 0 Å². The van der Waals surface area contributed by atoms with Crippen molar-refractivity contribution in [1.29, 1.82) is 0 Å². The van der Waals surface area contributed by atoms with Crippen molar-refractivity contribution in [3.63, 3.8) is 0 Å². The van der Waals surface area contributed by atoms with Gasteiger partial charge in [0.15, 0.2) is 11.5 Å². The van der Waals surface area contributed by atoms with Crippen molar-refractivity contribution >= 4 is 6.09 Å². The Balaban J connectivity index is 2.48. The van der Waals surface area contributed by atoms with Gasteiger partial charge in [0.2, 0.25) is 0 Å². The minimum atomic E-state index is -0.535. The van der Waals surface area contributed by atoms with Crippen molar-refractivity contribution < 1.29 is 23.4 Å². The molecule has 0 aliphatic rings. The second-order valence-electron chi connectivity index (χ2n) is 5.55. The lowest BCUT2D eigenvalue weighted by Crippen LogP contribution is -2.36. The molecule has 0 fully saturated rings. The lowest BCUT2D eigenvalue weighted by atomic mass is 10.2. The van der Waals surface area contributed by atoms with Crippen molar-refractivity contribution in [3.8, 4) is 11.5 Å². The zero-order valence-corrected chi connectivity index (χ0v) is 13.1. The van der Waals surface area contributed by atoms with Gasteiger partial charge in [-0.1, -0.05) is 0 Å². The first-order chi connectivity index (χ1) is 9.73. The van der Waals surface area contributed by atoms with E-state index in [0.29, 0.717) is 18.0 Å². The molecule has 0 heterocycles. The summed E-state index contributed by atoms with van der Waals surface area (Å²) in [6.45, 7) is 6.00. The second kappa shape index (κ2) is 7.15. The molecule has 6 heteroatoms. The standard InChI is InChI=1S/C15H22FNO4/c1-15(2,3)21-14(18)17(4)8-9-20-12-7-6-11(16)10-13(12)19-5/h6-7,10H,8-9H2,1-5H3. The largest absolute Gasteiger partial charge is 0.493 e. The predicted molar refractivity (Wildman–Crippen MR) is 77.3 cm³/mol. The molecule has 0 aliphatic carbocycles. The predicted octanol–water partition coefficient (Wildman–Crippen LogP) is 3.08. The van der Waals surface area contributed by atoms with Crippen LogP contribution in [0, 0.1) is 5.82 Å². The van der Waals surface area contributed by atoms with Gasteiger partial charge in [0.05, 0.1) is 13.7 Å². The average Bonchev–Trinajstić information content (AvgIpc) is 2.38. The summed E-state index contributed by atoms with van der Waals surface area (Å²) in [4.78, 5) is 13.2. The molecule has 0 unspecified atom stereocenters. The van der Waals surface area contributed by atoms with Gasteiger partial charge in [-0.15, -0.1) is 0 Å². The van der Waals surface area contributed by atoms with E-state index < -0.39 is 17.5 Å². The molecular formula is C15H22FNO4. The zero-order chi connectivity index (χ0) is 16.0. The third-order valence-electron chi connectivity index (χ3n) is 2.52. The van der Waals surface area contributed by atoms with Crippen LogP contribution >= 0.6 is 0 Å². The van der Waals surface area contributed by atoms with Crippen LogP contribution in [0.3, 0.4) is 0 Å². The van der Waals surface area contributed by atoms with Gasteiger partial charge in [-0.25, -0.2) is 9.18 Å². The first-order valence-electron chi connectivity index (χ1n) is 6.63. The molecule has 0 spiro atoms. The maximum Gasteiger partial charge on any atom is 0.410 e. The molecule has 0 saturated carbocycles. The molecule has 1 aromatic rings. The number of likely N-dealkylation sites (N-methyl/N-ethyl adjacent to an activating group) is 1. The van der Waals surface area contributed by atoms with Crippen molar-refractivity contribution in [3.05, 3.63) is 24.0 Å². The molecule has 0 bridgehead atoms. The molecule has 1 amide bonds. The molecule has 0 radical (unpaired) electrons. The van der Waals surface area contributed by atoms with E-state index in [1.54, 1.807) is 27.8 Å². The number of amides is 1. The molecule has 1 aromatic carbocycles.